The number of hydrogen-bond donors (Lipinski definition) is 1. The maximum Gasteiger partial charge on any atom is 0.331 e. The summed E-state index contributed by atoms with van der Waals surface area (Å²) in [7, 11) is 4.09. The molecular weight excluding hydrogens is 727 g/mol. The van der Waals surface area contributed by atoms with Crippen molar-refractivity contribution in [1.82, 2.24) is 4.90 Å². The minimum Gasteiger partial charge on any atom is -0.478 e. The summed E-state index contributed by atoms with van der Waals surface area (Å²) >= 11 is 0. The number of allylic oxidation sites excluding steroid dienone is 5. The van der Waals surface area contributed by atoms with Crippen molar-refractivity contribution in [2.45, 2.75) is 277 Å². The Labute approximate surface area is 368 Å². The smallest absolute Gasteiger partial charge is 0.331 e. The molecule has 1 N–H and O–H groups in total. The highest BCUT2D eigenvalue weighted by Crippen LogP contribution is 2.26. The molecule has 0 aromatic heterocycles. The number of rotatable bonds is 46. The van der Waals surface area contributed by atoms with Gasteiger partial charge >= 0.3 is 11.9 Å². The first kappa shape index (κ1) is 57.1. The molecule has 0 aliphatic carbocycles. The first-order valence-corrected chi connectivity index (χ1v) is 25.9. The van der Waals surface area contributed by atoms with Crippen LogP contribution in [0.1, 0.15) is 271 Å². The summed E-state index contributed by atoms with van der Waals surface area (Å²) in [6.45, 7) is 7.70. The molecule has 0 amide bonds. The van der Waals surface area contributed by atoms with Crippen LogP contribution in [0.2, 0.25) is 0 Å². The van der Waals surface area contributed by atoms with Gasteiger partial charge in [-0.3, -0.25) is 4.79 Å². The zero-order chi connectivity index (χ0) is 43.3. The summed E-state index contributed by atoms with van der Waals surface area (Å²) in [5.41, 5.74) is 1.96. The number of nitrogens with zero attached hydrogens (tertiary/aromatic N) is 1. The number of ether oxygens (including phenoxy) is 1. The topological polar surface area (TPSA) is 66.8 Å². The Morgan fingerprint density at radius 3 is 1.32 bits per heavy atom. The Hall–Kier alpha value is -1.88. The molecule has 0 aromatic rings. The molecule has 0 rings (SSSR count). The Kier molecular flexibility index (Phi) is 44.2. The van der Waals surface area contributed by atoms with Crippen molar-refractivity contribution < 1.29 is 19.4 Å². The van der Waals surface area contributed by atoms with Crippen LogP contribution in [0.15, 0.2) is 35.5 Å². The van der Waals surface area contributed by atoms with Gasteiger partial charge in [-0.25, -0.2) is 4.79 Å². The van der Waals surface area contributed by atoms with E-state index in [0.717, 1.165) is 95.6 Å². The summed E-state index contributed by atoms with van der Waals surface area (Å²) in [5.74, 6) is -0.734. The second kappa shape index (κ2) is 45.6. The maximum atomic E-state index is 12.8. The highest BCUT2D eigenvalue weighted by Gasteiger charge is 2.16. The lowest BCUT2D eigenvalue weighted by Crippen LogP contribution is -2.20. The van der Waals surface area contributed by atoms with Gasteiger partial charge in [0.15, 0.2) is 0 Å². The molecule has 0 aliphatic heterocycles. The molecule has 0 saturated heterocycles. The Bertz CT molecular complexity index is 992. The van der Waals surface area contributed by atoms with Crippen molar-refractivity contribution in [3.63, 3.8) is 0 Å². The minimum atomic E-state index is -0.686. The summed E-state index contributed by atoms with van der Waals surface area (Å²) in [4.78, 5) is 27.5. The Morgan fingerprint density at radius 2 is 0.864 bits per heavy atom. The van der Waals surface area contributed by atoms with Gasteiger partial charge in [0.05, 0.1) is 0 Å². The van der Waals surface area contributed by atoms with Crippen LogP contribution in [0.25, 0.3) is 0 Å². The fraction of sp³-hybridized carbons (Fsp3) is 0.852. The molecule has 59 heavy (non-hydrogen) atoms. The first-order valence-electron chi connectivity index (χ1n) is 25.9. The second-order valence-electron chi connectivity index (χ2n) is 18.2. The van der Waals surface area contributed by atoms with Gasteiger partial charge in [0.25, 0.3) is 0 Å². The number of hydrogen-bond acceptors (Lipinski definition) is 4. The van der Waals surface area contributed by atoms with E-state index in [4.69, 9.17) is 4.74 Å². The van der Waals surface area contributed by atoms with Crippen LogP contribution < -0.4 is 0 Å². The monoisotopic (exact) mass is 828 g/mol. The number of carboxylic acid groups (broad SMARTS) is 1. The van der Waals surface area contributed by atoms with E-state index in [9.17, 15) is 14.7 Å². The third-order valence-corrected chi connectivity index (χ3v) is 12.1. The summed E-state index contributed by atoms with van der Waals surface area (Å²) < 4.78 is 6.07. The molecule has 0 radical (unpaired) electrons. The van der Waals surface area contributed by atoms with Gasteiger partial charge in [0.2, 0.25) is 0 Å². The number of aliphatic carboxylic acids is 1. The molecule has 1 unspecified atom stereocenters. The molecule has 0 spiro atoms. The van der Waals surface area contributed by atoms with E-state index in [-0.39, 0.29) is 12.1 Å². The predicted octanol–water partition coefficient (Wildman–Crippen LogP) is 17.2. The fourth-order valence-corrected chi connectivity index (χ4v) is 8.24. The van der Waals surface area contributed by atoms with E-state index in [1.807, 2.05) is 14.1 Å². The van der Waals surface area contributed by atoms with E-state index in [1.54, 1.807) is 0 Å². The molecule has 0 saturated carbocycles. The molecular formula is C54H101NO4. The third-order valence-electron chi connectivity index (χ3n) is 12.1. The van der Waals surface area contributed by atoms with Crippen molar-refractivity contribution in [3.8, 4) is 0 Å². The molecule has 5 nitrogen and oxygen atoms in total. The standard InChI is InChI=1S/C54H101NO4/c1-6-9-12-15-18-21-22-23-24-25-26-27-28-31-34-39-45-51(59-53(56)48-42-49-55(4)5)46-40-35-36-41-47-52(54(57)58)50(43-37-32-29-19-16-13-10-7-2)44-38-33-30-20-17-14-11-8-3/h18,21,23-24,51H,6-17,19-20,22,25-49H2,1-5H3,(H,57,58)/b21-18+,24-23+. The normalized spacial score (nSPS) is 12.3. The van der Waals surface area contributed by atoms with Gasteiger partial charge < -0.3 is 14.7 Å². The highest BCUT2D eigenvalue weighted by atomic mass is 16.5. The van der Waals surface area contributed by atoms with Crippen molar-refractivity contribution in [1.29, 1.82) is 0 Å². The van der Waals surface area contributed by atoms with Gasteiger partial charge in [-0.15, -0.1) is 0 Å². The van der Waals surface area contributed by atoms with Crippen molar-refractivity contribution in [2.24, 2.45) is 0 Å². The maximum absolute atomic E-state index is 12.8. The van der Waals surface area contributed by atoms with Crippen LogP contribution in [0, 0.1) is 0 Å². The molecule has 0 bridgehead atoms. The Balaban J connectivity index is 4.85. The zero-order valence-corrected chi connectivity index (χ0v) is 40.3. The highest BCUT2D eigenvalue weighted by molar-refractivity contribution is 5.87. The van der Waals surface area contributed by atoms with Gasteiger partial charge in [-0.05, 0) is 123 Å². The van der Waals surface area contributed by atoms with Crippen molar-refractivity contribution in [2.75, 3.05) is 20.6 Å². The first-order chi connectivity index (χ1) is 28.8. The van der Waals surface area contributed by atoms with E-state index < -0.39 is 5.97 Å². The number of unbranched alkanes of at least 4 members (excludes halogenated alkanes) is 26. The summed E-state index contributed by atoms with van der Waals surface area (Å²) in [5, 5.41) is 10.4. The molecule has 0 heterocycles. The minimum absolute atomic E-state index is 0.00653. The third kappa shape index (κ3) is 41.3. The van der Waals surface area contributed by atoms with E-state index >= 15 is 0 Å². The lowest BCUT2D eigenvalue weighted by atomic mass is 9.92. The molecule has 1 atom stereocenters. The van der Waals surface area contributed by atoms with Crippen LogP contribution in [0.5, 0.6) is 0 Å². The molecule has 5 heteroatoms. The zero-order valence-electron chi connectivity index (χ0n) is 40.3. The van der Waals surface area contributed by atoms with Crippen molar-refractivity contribution in [3.05, 3.63) is 35.5 Å². The molecule has 346 valence electrons. The molecule has 0 aliphatic rings. The SMILES string of the molecule is CCCCC/C=C/C/C=C/CCCCCCCCC(CCCCCCC(C(=O)O)=C(CCCCCCCCCC)CCCCCCCCCC)OC(=O)CCCN(C)C. The van der Waals surface area contributed by atoms with Crippen molar-refractivity contribution >= 4 is 11.9 Å². The number of esters is 1. The quantitative estimate of drug-likeness (QED) is 0.0287. The van der Waals surface area contributed by atoms with Crippen LogP contribution in [-0.4, -0.2) is 48.7 Å². The van der Waals surface area contributed by atoms with Gasteiger partial charge in [0.1, 0.15) is 6.10 Å². The average molecular weight is 828 g/mol. The van der Waals surface area contributed by atoms with Crippen LogP contribution in [0.4, 0.5) is 0 Å². The summed E-state index contributed by atoms with van der Waals surface area (Å²) in [6, 6.07) is 0. The molecule has 0 fully saturated rings. The lowest BCUT2D eigenvalue weighted by Gasteiger charge is -2.19. The van der Waals surface area contributed by atoms with E-state index in [2.05, 4.69) is 50.0 Å². The van der Waals surface area contributed by atoms with Gasteiger partial charge in [-0.1, -0.05) is 192 Å². The number of carboxylic acids is 1. The second-order valence-corrected chi connectivity index (χ2v) is 18.2. The Morgan fingerprint density at radius 1 is 0.475 bits per heavy atom. The number of carbonyl (C=O) groups is 2. The summed E-state index contributed by atoms with van der Waals surface area (Å²) in [6.07, 6.45) is 54.6. The van der Waals surface area contributed by atoms with Crippen LogP contribution in [-0.2, 0) is 14.3 Å². The van der Waals surface area contributed by atoms with E-state index in [1.165, 1.54) is 160 Å². The fourth-order valence-electron chi connectivity index (χ4n) is 8.24. The molecule has 0 aromatic carbocycles. The van der Waals surface area contributed by atoms with Crippen LogP contribution >= 0.6 is 0 Å². The van der Waals surface area contributed by atoms with Gasteiger partial charge in [0, 0.05) is 12.0 Å². The lowest BCUT2D eigenvalue weighted by molar-refractivity contribution is -0.150. The number of carbonyl (C=O) groups excluding carboxylic acids is 1. The average Bonchev–Trinajstić information content (AvgIpc) is 3.21. The van der Waals surface area contributed by atoms with E-state index in [0.29, 0.717) is 12.8 Å². The van der Waals surface area contributed by atoms with Gasteiger partial charge in [-0.2, -0.15) is 0 Å². The van der Waals surface area contributed by atoms with Crippen LogP contribution in [0.3, 0.4) is 0 Å². The predicted molar refractivity (Wildman–Crippen MR) is 258 cm³/mol. The largest absolute Gasteiger partial charge is 0.478 e.